The highest BCUT2D eigenvalue weighted by atomic mass is 16.5. The number of nitrogens with zero attached hydrogens (tertiary/aromatic N) is 4. The molecule has 0 spiro atoms. The Labute approximate surface area is 122 Å². The average Bonchev–Trinajstić information content (AvgIpc) is 3.13. The molecule has 0 saturated heterocycles. The standard InChI is InChI=1S/C15H17N5O/c1-3-14-13(11(2)19-21-14)9-16-15-10-17-20(18-15)12-7-5-4-6-8-12/h4-8,10H,3,9H2,1-2H3,(H,16,18). The van der Waals surface area contributed by atoms with Gasteiger partial charge in [0.25, 0.3) is 0 Å². The molecular formula is C15H17N5O. The highest BCUT2D eigenvalue weighted by Crippen LogP contribution is 2.16. The topological polar surface area (TPSA) is 68.8 Å². The van der Waals surface area contributed by atoms with Crippen molar-refractivity contribution in [3.8, 4) is 5.69 Å². The summed E-state index contributed by atoms with van der Waals surface area (Å²) in [4.78, 5) is 1.60. The number of para-hydroxylation sites is 1. The SMILES string of the molecule is CCc1onc(C)c1CNc1cnn(-c2ccccc2)n1. The van der Waals surface area contributed by atoms with Crippen molar-refractivity contribution in [2.24, 2.45) is 0 Å². The number of hydrogen-bond acceptors (Lipinski definition) is 5. The van der Waals surface area contributed by atoms with Crippen molar-refractivity contribution < 1.29 is 4.52 Å². The minimum absolute atomic E-state index is 0.631. The third-order valence-corrected chi connectivity index (χ3v) is 3.31. The van der Waals surface area contributed by atoms with E-state index < -0.39 is 0 Å². The molecule has 3 aromatic rings. The van der Waals surface area contributed by atoms with E-state index in [1.807, 2.05) is 37.3 Å². The van der Waals surface area contributed by atoms with Crippen LogP contribution in [0, 0.1) is 6.92 Å². The molecule has 2 aromatic heterocycles. The Morgan fingerprint density at radius 1 is 1.24 bits per heavy atom. The smallest absolute Gasteiger partial charge is 0.169 e. The van der Waals surface area contributed by atoms with Crippen molar-refractivity contribution in [1.29, 1.82) is 0 Å². The van der Waals surface area contributed by atoms with E-state index in [-0.39, 0.29) is 0 Å². The van der Waals surface area contributed by atoms with Crippen molar-refractivity contribution in [3.05, 3.63) is 53.5 Å². The molecule has 6 nitrogen and oxygen atoms in total. The van der Waals surface area contributed by atoms with Crippen molar-refractivity contribution in [2.75, 3.05) is 5.32 Å². The molecule has 0 amide bonds. The maximum atomic E-state index is 5.28. The second-order valence-corrected chi connectivity index (χ2v) is 4.73. The number of anilines is 1. The Balaban J connectivity index is 1.72. The Morgan fingerprint density at radius 2 is 2.05 bits per heavy atom. The minimum Gasteiger partial charge on any atom is -0.363 e. The summed E-state index contributed by atoms with van der Waals surface area (Å²) in [5, 5.41) is 15.9. The molecule has 0 bridgehead atoms. The van der Waals surface area contributed by atoms with E-state index in [9.17, 15) is 0 Å². The molecule has 0 fully saturated rings. The van der Waals surface area contributed by atoms with Gasteiger partial charge in [-0.2, -0.15) is 5.10 Å². The molecule has 108 valence electrons. The van der Waals surface area contributed by atoms with Crippen LogP contribution >= 0.6 is 0 Å². The summed E-state index contributed by atoms with van der Waals surface area (Å²) in [6.45, 7) is 4.63. The van der Waals surface area contributed by atoms with E-state index in [4.69, 9.17) is 4.52 Å². The van der Waals surface area contributed by atoms with Crippen molar-refractivity contribution in [2.45, 2.75) is 26.8 Å². The number of hydrogen-bond donors (Lipinski definition) is 1. The average molecular weight is 283 g/mol. The van der Waals surface area contributed by atoms with Crippen molar-refractivity contribution >= 4 is 5.82 Å². The maximum absolute atomic E-state index is 5.28. The molecule has 2 heterocycles. The van der Waals surface area contributed by atoms with E-state index in [0.29, 0.717) is 6.54 Å². The Morgan fingerprint density at radius 3 is 2.81 bits per heavy atom. The molecular weight excluding hydrogens is 266 g/mol. The van der Waals surface area contributed by atoms with Crippen LogP contribution in [-0.4, -0.2) is 20.2 Å². The van der Waals surface area contributed by atoms with Crippen LogP contribution in [0.4, 0.5) is 5.82 Å². The molecule has 6 heteroatoms. The number of rotatable bonds is 5. The fourth-order valence-corrected chi connectivity index (χ4v) is 2.15. The van der Waals surface area contributed by atoms with Gasteiger partial charge in [0.1, 0.15) is 5.76 Å². The normalized spacial score (nSPS) is 10.8. The van der Waals surface area contributed by atoms with E-state index in [1.54, 1.807) is 11.0 Å². The molecule has 21 heavy (non-hydrogen) atoms. The molecule has 1 aromatic carbocycles. The summed E-state index contributed by atoms with van der Waals surface area (Å²) < 4.78 is 5.28. The zero-order chi connectivity index (χ0) is 14.7. The van der Waals surface area contributed by atoms with E-state index >= 15 is 0 Å². The number of benzene rings is 1. The van der Waals surface area contributed by atoms with Crippen LogP contribution < -0.4 is 5.32 Å². The van der Waals surface area contributed by atoms with Crippen molar-refractivity contribution in [3.63, 3.8) is 0 Å². The summed E-state index contributed by atoms with van der Waals surface area (Å²) in [5.41, 5.74) is 2.93. The third-order valence-electron chi connectivity index (χ3n) is 3.31. The van der Waals surface area contributed by atoms with Gasteiger partial charge in [0.05, 0.1) is 17.6 Å². The predicted octanol–water partition coefficient (Wildman–Crippen LogP) is 2.74. The van der Waals surface area contributed by atoms with E-state index in [0.717, 1.165) is 34.9 Å². The fraction of sp³-hybridized carbons (Fsp3) is 0.267. The van der Waals surface area contributed by atoms with Gasteiger partial charge in [0.15, 0.2) is 5.82 Å². The number of aromatic nitrogens is 4. The van der Waals surface area contributed by atoms with Crippen LogP contribution in [0.1, 0.15) is 23.9 Å². The summed E-state index contributed by atoms with van der Waals surface area (Å²) in [6, 6.07) is 9.80. The van der Waals surface area contributed by atoms with Gasteiger partial charge in [-0.25, -0.2) is 0 Å². The van der Waals surface area contributed by atoms with Gasteiger partial charge in [-0.1, -0.05) is 30.3 Å². The lowest BCUT2D eigenvalue weighted by atomic mass is 10.1. The summed E-state index contributed by atoms with van der Waals surface area (Å²) >= 11 is 0. The van der Waals surface area contributed by atoms with E-state index in [2.05, 4.69) is 27.6 Å². The largest absolute Gasteiger partial charge is 0.363 e. The molecule has 0 aliphatic carbocycles. The van der Waals surface area contributed by atoms with Crippen molar-refractivity contribution in [1.82, 2.24) is 20.2 Å². The Kier molecular flexibility index (Phi) is 3.68. The first-order chi connectivity index (χ1) is 10.3. The number of nitrogens with one attached hydrogen (secondary N) is 1. The second-order valence-electron chi connectivity index (χ2n) is 4.73. The Bertz CT molecular complexity index is 717. The predicted molar refractivity (Wildman–Crippen MR) is 79.3 cm³/mol. The lowest BCUT2D eigenvalue weighted by Gasteiger charge is -2.02. The van der Waals surface area contributed by atoms with Gasteiger partial charge < -0.3 is 9.84 Å². The highest BCUT2D eigenvalue weighted by molar-refractivity contribution is 5.36. The molecule has 0 atom stereocenters. The van der Waals surface area contributed by atoms with Gasteiger partial charge >= 0.3 is 0 Å². The van der Waals surface area contributed by atoms with Crippen LogP contribution in [-0.2, 0) is 13.0 Å². The first-order valence-corrected chi connectivity index (χ1v) is 6.93. The van der Waals surface area contributed by atoms with Crippen LogP contribution in [0.2, 0.25) is 0 Å². The molecule has 0 aliphatic heterocycles. The molecule has 0 radical (unpaired) electrons. The van der Waals surface area contributed by atoms with Crippen LogP contribution in [0.15, 0.2) is 41.1 Å². The van der Waals surface area contributed by atoms with Crippen LogP contribution in [0.25, 0.3) is 5.69 Å². The van der Waals surface area contributed by atoms with Gasteiger partial charge in [-0.15, -0.1) is 9.90 Å². The fourth-order valence-electron chi connectivity index (χ4n) is 2.15. The van der Waals surface area contributed by atoms with Crippen LogP contribution in [0.5, 0.6) is 0 Å². The van der Waals surface area contributed by atoms with Gasteiger partial charge in [-0.05, 0) is 19.1 Å². The second kappa shape index (κ2) is 5.78. The van der Waals surface area contributed by atoms with Gasteiger partial charge in [-0.3, -0.25) is 0 Å². The lowest BCUT2D eigenvalue weighted by Crippen LogP contribution is -2.04. The minimum atomic E-state index is 0.631. The monoisotopic (exact) mass is 283 g/mol. The zero-order valence-corrected chi connectivity index (χ0v) is 12.1. The maximum Gasteiger partial charge on any atom is 0.169 e. The van der Waals surface area contributed by atoms with Gasteiger partial charge in [0.2, 0.25) is 0 Å². The molecule has 0 aliphatic rings. The molecule has 1 N–H and O–H groups in total. The van der Waals surface area contributed by atoms with Gasteiger partial charge in [0, 0.05) is 18.5 Å². The Hall–Kier alpha value is -2.63. The summed E-state index contributed by atoms with van der Waals surface area (Å²) in [5.74, 6) is 1.64. The van der Waals surface area contributed by atoms with Crippen LogP contribution in [0.3, 0.4) is 0 Å². The third kappa shape index (κ3) is 2.79. The first kappa shape index (κ1) is 13.4. The highest BCUT2D eigenvalue weighted by Gasteiger charge is 2.11. The molecule has 0 unspecified atom stereocenters. The summed E-state index contributed by atoms with van der Waals surface area (Å²) in [6.07, 6.45) is 2.54. The number of aryl methyl sites for hydroxylation is 2. The quantitative estimate of drug-likeness (QED) is 0.779. The lowest BCUT2D eigenvalue weighted by molar-refractivity contribution is 0.382. The zero-order valence-electron chi connectivity index (χ0n) is 12.1. The molecule has 0 saturated carbocycles. The first-order valence-electron chi connectivity index (χ1n) is 6.93. The summed E-state index contributed by atoms with van der Waals surface area (Å²) in [7, 11) is 0. The molecule has 3 rings (SSSR count). The van der Waals surface area contributed by atoms with E-state index in [1.165, 1.54) is 0 Å².